The van der Waals surface area contributed by atoms with Crippen LogP contribution in [0, 0.1) is 5.82 Å². The molecular formula is C28H28FN3O2S2. The largest absolute Gasteiger partial charge is 0.370 e. The Balaban J connectivity index is 1.61. The molecule has 5 nitrogen and oxygen atoms in total. The van der Waals surface area contributed by atoms with E-state index in [4.69, 9.17) is 12.2 Å². The van der Waals surface area contributed by atoms with Crippen LogP contribution in [0.5, 0.6) is 0 Å². The number of carbonyl (C=O) groups is 1. The summed E-state index contributed by atoms with van der Waals surface area (Å²) in [5.41, 5.74) is 3.05. The van der Waals surface area contributed by atoms with Crippen LogP contribution in [0.1, 0.15) is 43.7 Å². The van der Waals surface area contributed by atoms with Gasteiger partial charge in [0.15, 0.2) is 0 Å². The van der Waals surface area contributed by atoms with Crippen LogP contribution >= 0.6 is 24.0 Å². The van der Waals surface area contributed by atoms with Crippen LogP contribution in [0.4, 0.5) is 10.1 Å². The van der Waals surface area contributed by atoms with E-state index in [1.807, 2.05) is 25.1 Å². The molecule has 0 aliphatic carbocycles. The van der Waals surface area contributed by atoms with Crippen molar-refractivity contribution in [2.24, 2.45) is 0 Å². The number of benzene rings is 2. The van der Waals surface area contributed by atoms with E-state index in [2.05, 4.69) is 11.0 Å². The molecule has 0 unspecified atom stereocenters. The molecule has 1 aromatic heterocycles. The first-order chi connectivity index (χ1) is 17.5. The van der Waals surface area contributed by atoms with Gasteiger partial charge in [0, 0.05) is 25.0 Å². The molecule has 0 saturated carbocycles. The van der Waals surface area contributed by atoms with Gasteiger partial charge in [-0.3, -0.25) is 14.5 Å². The number of hydrogen-bond donors (Lipinski definition) is 0. The summed E-state index contributed by atoms with van der Waals surface area (Å²) in [5.74, 6) is -0.555. The minimum Gasteiger partial charge on any atom is -0.370 e. The molecule has 2 aromatic carbocycles. The second kappa shape index (κ2) is 10.6. The number of carbonyl (C=O) groups excluding carboxylic acids is 1. The molecule has 0 bridgehead atoms. The van der Waals surface area contributed by atoms with Gasteiger partial charge in [0.25, 0.3) is 11.5 Å². The highest BCUT2D eigenvalue weighted by molar-refractivity contribution is 8.26. The fourth-order valence-corrected chi connectivity index (χ4v) is 6.27. The summed E-state index contributed by atoms with van der Waals surface area (Å²) < 4.78 is 15.5. The third-order valence-electron chi connectivity index (χ3n) is 6.82. The second-order valence-electron chi connectivity index (χ2n) is 9.12. The molecular weight excluding hydrogens is 493 g/mol. The highest BCUT2D eigenvalue weighted by atomic mass is 32.2. The summed E-state index contributed by atoms with van der Waals surface area (Å²) in [5, 5.41) is 1.02. The summed E-state index contributed by atoms with van der Waals surface area (Å²) >= 11 is 6.74. The molecule has 0 N–H and O–H groups in total. The predicted octanol–water partition coefficient (Wildman–Crippen LogP) is 5.94. The van der Waals surface area contributed by atoms with Crippen molar-refractivity contribution in [1.29, 1.82) is 0 Å². The second-order valence-corrected chi connectivity index (χ2v) is 10.8. The van der Waals surface area contributed by atoms with Crippen LogP contribution in [0.3, 0.4) is 0 Å². The van der Waals surface area contributed by atoms with Crippen LogP contribution in [0.25, 0.3) is 17.0 Å². The van der Waals surface area contributed by atoms with E-state index < -0.39 is 0 Å². The van der Waals surface area contributed by atoms with Gasteiger partial charge in [-0.2, -0.15) is 0 Å². The van der Waals surface area contributed by atoms with Gasteiger partial charge in [-0.05, 0) is 49.6 Å². The van der Waals surface area contributed by atoms with Crippen molar-refractivity contribution in [3.63, 3.8) is 0 Å². The number of thiocarbonyl (C=S) groups is 1. The number of halogens is 1. The Hall–Kier alpha value is -2.97. The van der Waals surface area contributed by atoms with E-state index in [0.717, 1.165) is 48.1 Å². The van der Waals surface area contributed by atoms with Crippen LogP contribution in [-0.2, 0) is 17.9 Å². The lowest BCUT2D eigenvalue weighted by atomic mass is 10.1. The Morgan fingerprint density at radius 3 is 2.39 bits per heavy atom. The topological polar surface area (TPSA) is 45.6 Å². The summed E-state index contributed by atoms with van der Waals surface area (Å²) in [6, 6.07) is 14.1. The minimum absolute atomic E-state index is 0.0979. The van der Waals surface area contributed by atoms with Crippen molar-refractivity contribution >= 4 is 56.9 Å². The molecule has 186 valence electrons. The lowest BCUT2D eigenvalue weighted by molar-refractivity contribution is -0.122. The summed E-state index contributed by atoms with van der Waals surface area (Å²) in [7, 11) is 0. The zero-order chi connectivity index (χ0) is 25.2. The smallest absolute Gasteiger partial charge is 0.266 e. The SMILES string of the molecule is CCn1c(=O)c(C=C2SC(=S)N(Cc3ccc(F)cc3)C2=O)c(N2CCCCCC2)c2ccccc21. The Morgan fingerprint density at radius 2 is 1.69 bits per heavy atom. The molecule has 0 radical (unpaired) electrons. The number of aromatic nitrogens is 1. The standard InChI is InChI=1S/C28H28FN3O2S2/c1-2-31-23-10-6-5-9-21(23)25(30-15-7-3-4-8-16-30)22(26(31)33)17-24-27(34)32(28(35)36-24)18-19-11-13-20(29)14-12-19/h5-6,9-14,17H,2-4,7-8,15-16,18H2,1H3. The Labute approximate surface area is 219 Å². The first-order valence-corrected chi connectivity index (χ1v) is 13.6. The van der Waals surface area contributed by atoms with Gasteiger partial charge in [-0.15, -0.1) is 0 Å². The maximum absolute atomic E-state index is 13.8. The zero-order valence-electron chi connectivity index (χ0n) is 20.2. The lowest BCUT2D eigenvalue weighted by Gasteiger charge is -2.27. The van der Waals surface area contributed by atoms with Crippen molar-refractivity contribution in [2.75, 3.05) is 18.0 Å². The van der Waals surface area contributed by atoms with Gasteiger partial charge < -0.3 is 9.47 Å². The van der Waals surface area contributed by atoms with E-state index in [9.17, 15) is 14.0 Å². The van der Waals surface area contributed by atoms with Crippen LogP contribution in [-0.4, -0.2) is 32.8 Å². The van der Waals surface area contributed by atoms with Crippen molar-refractivity contribution < 1.29 is 9.18 Å². The van der Waals surface area contributed by atoms with Crippen LogP contribution in [0.15, 0.2) is 58.2 Å². The number of aryl methyl sites for hydroxylation is 1. The van der Waals surface area contributed by atoms with E-state index in [-0.39, 0.29) is 23.8 Å². The van der Waals surface area contributed by atoms with Crippen molar-refractivity contribution in [3.05, 3.63) is 80.7 Å². The number of fused-ring (bicyclic) bond motifs is 1. The number of amides is 1. The average Bonchev–Trinajstić information content (AvgIpc) is 3.05. The normalized spacial score (nSPS) is 17.9. The monoisotopic (exact) mass is 521 g/mol. The molecule has 0 spiro atoms. The molecule has 2 fully saturated rings. The van der Waals surface area contributed by atoms with Gasteiger partial charge in [0.05, 0.1) is 28.2 Å². The van der Waals surface area contributed by atoms with E-state index in [0.29, 0.717) is 21.3 Å². The lowest BCUT2D eigenvalue weighted by Crippen LogP contribution is -2.31. The first kappa shape index (κ1) is 24.7. The Bertz CT molecular complexity index is 1410. The molecule has 0 atom stereocenters. The molecule has 5 rings (SSSR count). The molecule has 1 amide bonds. The molecule has 2 aliphatic heterocycles. The predicted molar refractivity (Wildman–Crippen MR) is 150 cm³/mol. The van der Waals surface area contributed by atoms with Gasteiger partial charge in [0.2, 0.25) is 0 Å². The molecule has 36 heavy (non-hydrogen) atoms. The maximum Gasteiger partial charge on any atom is 0.266 e. The van der Waals surface area contributed by atoms with Crippen molar-refractivity contribution in [1.82, 2.24) is 9.47 Å². The summed E-state index contributed by atoms with van der Waals surface area (Å²) in [6.07, 6.45) is 6.25. The van der Waals surface area contributed by atoms with Gasteiger partial charge in [-0.1, -0.05) is 67.2 Å². The first-order valence-electron chi connectivity index (χ1n) is 12.4. The Morgan fingerprint density at radius 1 is 1.00 bits per heavy atom. The van der Waals surface area contributed by atoms with Gasteiger partial charge in [-0.25, -0.2) is 4.39 Å². The average molecular weight is 522 g/mol. The van der Waals surface area contributed by atoms with Crippen LogP contribution < -0.4 is 10.5 Å². The highest BCUT2D eigenvalue weighted by Crippen LogP contribution is 2.37. The fourth-order valence-electron chi connectivity index (χ4n) is 5.03. The highest BCUT2D eigenvalue weighted by Gasteiger charge is 2.33. The zero-order valence-corrected chi connectivity index (χ0v) is 21.8. The summed E-state index contributed by atoms with van der Waals surface area (Å²) in [6.45, 7) is 4.52. The number of rotatable bonds is 5. The van der Waals surface area contributed by atoms with E-state index in [1.54, 1.807) is 22.8 Å². The van der Waals surface area contributed by atoms with Crippen LogP contribution in [0.2, 0.25) is 0 Å². The quantitative estimate of drug-likeness (QED) is 0.307. The van der Waals surface area contributed by atoms with Gasteiger partial charge in [0.1, 0.15) is 10.1 Å². The fraction of sp³-hybridized carbons (Fsp3) is 0.321. The molecule has 2 aliphatic rings. The number of nitrogens with zero attached hydrogens (tertiary/aromatic N) is 3. The van der Waals surface area contributed by atoms with E-state index in [1.165, 1.54) is 41.6 Å². The molecule has 3 aromatic rings. The Kier molecular flexibility index (Phi) is 7.25. The number of hydrogen-bond acceptors (Lipinski definition) is 5. The molecule has 3 heterocycles. The number of thioether (sulfide) groups is 1. The number of pyridine rings is 1. The molecule has 2 saturated heterocycles. The third-order valence-corrected chi connectivity index (χ3v) is 8.20. The summed E-state index contributed by atoms with van der Waals surface area (Å²) in [4.78, 5) is 31.5. The number of para-hydroxylation sites is 1. The maximum atomic E-state index is 13.8. The minimum atomic E-state index is -0.325. The van der Waals surface area contributed by atoms with Gasteiger partial charge >= 0.3 is 0 Å². The third kappa shape index (κ3) is 4.72. The van der Waals surface area contributed by atoms with E-state index >= 15 is 0 Å². The van der Waals surface area contributed by atoms with Crippen molar-refractivity contribution in [2.45, 2.75) is 45.7 Å². The molecule has 8 heteroatoms. The van der Waals surface area contributed by atoms with Crippen molar-refractivity contribution in [3.8, 4) is 0 Å². The number of anilines is 1.